The number of rotatable bonds is 8. The van der Waals surface area contributed by atoms with Crippen LogP contribution in [0.1, 0.15) is 42.9 Å². The highest BCUT2D eigenvalue weighted by atomic mass is 32.2. The molecule has 0 radical (unpaired) electrons. The van der Waals surface area contributed by atoms with Crippen molar-refractivity contribution in [3.63, 3.8) is 0 Å². The lowest BCUT2D eigenvalue weighted by molar-refractivity contribution is -0.144. The minimum absolute atomic E-state index is 0.134. The Bertz CT molecular complexity index is 977. The smallest absolute Gasteiger partial charge is 0.316 e. The molecule has 0 aliphatic rings. The zero-order chi connectivity index (χ0) is 21.4. The molecule has 0 spiro atoms. The number of hydrogen-bond acceptors (Lipinski definition) is 6. The molecule has 1 heterocycles. The van der Waals surface area contributed by atoms with Crippen LogP contribution in [0.15, 0.2) is 40.2 Å². The molecule has 1 aromatic heterocycles. The fourth-order valence-electron chi connectivity index (χ4n) is 2.55. The van der Waals surface area contributed by atoms with E-state index in [0.29, 0.717) is 27.8 Å². The normalized spacial score (nSPS) is 11.4. The van der Waals surface area contributed by atoms with E-state index < -0.39 is 18.5 Å². The molecule has 0 saturated heterocycles. The molecule has 1 aromatic carbocycles. The van der Waals surface area contributed by atoms with Gasteiger partial charge in [-0.05, 0) is 42.5 Å². The number of nitrogens with one attached hydrogen (secondary N) is 2. The Hall–Kier alpha value is -3.05. The second kappa shape index (κ2) is 10.5. The standard InChI is InChI=1S/C21H23N3O4S/c1-4-13(2)15-5-7-16(8-6-15)23-19(26)11-28-20(27)12-29-21-17(10-22)14(3)9-18(25)24-21/h5-9,13H,4,11-12H2,1-3H3,(H,23,26)(H,24,25)/t13-/m0/s1. The van der Waals surface area contributed by atoms with Gasteiger partial charge in [-0.2, -0.15) is 5.26 Å². The number of esters is 1. The van der Waals surface area contributed by atoms with E-state index in [9.17, 15) is 19.6 Å². The summed E-state index contributed by atoms with van der Waals surface area (Å²) in [5.74, 6) is -0.752. The lowest BCUT2D eigenvalue weighted by Crippen LogP contribution is -2.21. The summed E-state index contributed by atoms with van der Waals surface area (Å²) in [6, 6.07) is 10.9. The van der Waals surface area contributed by atoms with E-state index in [4.69, 9.17) is 4.74 Å². The fraction of sp³-hybridized carbons (Fsp3) is 0.333. The Morgan fingerprint density at radius 3 is 2.62 bits per heavy atom. The van der Waals surface area contributed by atoms with Gasteiger partial charge in [0.05, 0.1) is 16.3 Å². The molecule has 8 heteroatoms. The van der Waals surface area contributed by atoms with Crippen molar-refractivity contribution in [2.24, 2.45) is 0 Å². The molecule has 1 atom stereocenters. The van der Waals surface area contributed by atoms with Crippen LogP contribution in [-0.2, 0) is 14.3 Å². The number of aryl methyl sites for hydroxylation is 1. The molecule has 0 saturated carbocycles. The van der Waals surface area contributed by atoms with E-state index in [1.54, 1.807) is 6.92 Å². The Labute approximate surface area is 173 Å². The number of carbonyl (C=O) groups is 2. The molecule has 2 N–H and O–H groups in total. The average molecular weight is 413 g/mol. The molecule has 0 aliphatic carbocycles. The van der Waals surface area contributed by atoms with E-state index in [0.717, 1.165) is 18.2 Å². The maximum Gasteiger partial charge on any atom is 0.316 e. The van der Waals surface area contributed by atoms with Crippen LogP contribution in [0.5, 0.6) is 0 Å². The van der Waals surface area contributed by atoms with Crippen molar-refractivity contribution in [3.05, 3.63) is 57.4 Å². The number of carbonyl (C=O) groups excluding carboxylic acids is 2. The molecule has 7 nitrogen and oxygen atoms in total. The van der Waals surface area contributed by atoms with Crippen LogP contribution in [0.4, 0.5) is 5.69 Å². The highest BCUT2D eigenvalue weighted by Gasteiger charge is 2.13. The molecule has 29 heavy (non-hydrogen) atoms. The topological polar surface area (TPSA) is 112 Å². The minimum Gasteiger partial charge on any atom is -0.455 e. The summed E-state index contributed by atoms with van der Waals surface area (Å²) in [5, 5.41) is 12.2. The second-order valence-electron chi connectivity index (χ2n) is 6.56. The molecule has 0 aliphatic heterocycles. The first-order valence-corrected chi connectivity index (χ1v) is 10.1. The Kier molecular flexibility index (Phi) is 8.04. The maximum absolute atomic E-state index is 12.0. The SMILES string of the molecule is CC[C@H](C)c1ccc(NC(=O)COC(=O)CSc2[nH]c(=O)cc(C)c2C#N)cc1. The van der Waals surface area contributed by atoms with Gasteiger partial charge in [0, 0.05) is 11.8 Å². The van der Waals surface area contributed by atoms with Crippen molar-refractivity contribution in [3.8, 4) is 6.07 Å². The van der Waals surface area contributed by atoms with Crippen LogP contribution in [0.2, 0.25) is 0 Å². The van der Waals surface area contributed by atoms with Gasteiger partial charge in [-0.25, -0.2) is 0 Å². The van der Waals surface area contributed by atoms with Gasteiger partial charge < -0.3 is 15.0 Å². The number of benzene rings is 1. The van der Waals surface area contributed by atoms with Crippen LogP contribution in [0.25, 0.3) is 0 Å². The van der Waals surface area contributed by atoms with Gasteiger partial charge in [0.2, 0.25) is 5.56 Å². The predicted octanol–water partition coefficient (Wildman–Crippen LogP) is 3.34. The molecule has 2 rings (SSSR count). The van der Waals surface area contributed by atoms with E-state index in [2.05, 4.69) is 24.1 Å². The Balaban J connectivity index is 1.83. The van der Waals surface area contributed by atoms with E-state index in [1.807, 2.05) is 30.3 Å². The zero-order valence-corrected chi connectivity index (χ0v) is 17.4. The number of H-pyrrole nitrogens is 1. The zero-order valence-electron chi connectivity index (χ0n) is 16.6. The van der Waals surface area contributed by atoms with Gasteiger partial charge in [-0.15, -0.1) is 0 Å². The summed E-state index contributed by atoms with van der Waals surface area (Å²) in [5.41, 5.74) is 2.31. The van der Waals surface area contributed by atoms with Gasteiger partial charge in [0.1, 0.15) is 6.07 Å². The molecule has 152 valence electrons. The quantitative estimate of drug-likeness (QED) is 0.507. The van der Waals surface area contributed by atoms with Crippen molar-refractivity contribution in [2.45, 2.75) is 38.1 Å². The third-order valence-electron chi connectivity index (χ3n) is 4.39. The molecular weight excluding hydrogens is 390 g/mol. The Morgan fingerprint density at radius 2 is 2.00 bits per heavy atom. The van der Waals surface area contributed by atoms with Crippen molar-refractivity contribution in [1.82, 2.24) is 4.98 Å². The summed E-state index contributed by atoms with van der Waals surface area (Å²) in [6.45, 7) is 5.49. The molecule has 0 unspecified atom stereocenters. The van der Waals surface area contributed by atoms with Crippen molar-refractivity contribution in [1.29, 1.82) is 5.26 Å². The number of pyridine rings is 1. The van der Waals surface area contributed by atoms with Crippen LogP contribution < -0.4 is 10.9 Å². The lowest BCUT2D eigenvalue weighted by atomic mass is 9.99. The van der Waals surface area contributed by atoms with Gasteiger partial charge >= 0.3 is 5.97 Å². The van der Waals surface area contributed by atoms with Gasteiger partial charge in [0.15, 0.2) is 6.61 Å². The number of nitriles is 1. The third-order valence-corrected chi connectivity index (χ3v) is 5.37. The number of thioether (sulfide) groups is 1. The monoisotopic (exact) mass is 413 g/mol. The number of amides is 1. The van der Waals surface area contributed by atoms with E-state index >= 15 is 0 Å². The Morgan fingerprint density at radius 1 is 1.31 bits per heavy atom. The summed E-state index contributed by atoms with van der Waals surface area (Å²) in [6.07, 6.45) is 1.03. The number of anilines is 1. The molecule has 2 aromatic rings. The average Bonchev–Trinajstić information content (AvgIpc) is 2.70. The van der Waals surface area contributed by atoms with Gasteiger partial charge in [0.25, 0.3) is 5.91 Å². The van der Waals surface area contributed by atoms with Crippen LogP contribution in [0.3, 0.4) is 0 Å². The highest BCUT2D eigenvalue weighted by molar-refractivity contribution is 7.99. The van der Waals surface area contributed by atoms with Crippen molar-refractivity contribution >= 4 is 29.3 Å². The van der Waals surface area contributed by atoms with Crippen LogP contribution in [-0.4, -0.2) is 29.2 Å². The summed E-state index contributed by atoms with van der Waals surface area (Å²) in [4.78, 5) is 37.9. The second-order valence-corrected chi connectivity index (χ2v) is 7.55. The predicted molar refractivity (Wildman–Crippen MR) is 112 cm³/mol. The van der Waals surface area contributed by atoms with Crippen LogP contribution in [0, 0.1) is 18.3 Å². The number of nitrogens with zero attached hydrogens (tertiary/aromatic N) is 1. The number of hydrogen-bond donors (Lipinski definition) is 2. The minimum atomic E-state index is -0.622. The highest BCUT2D eigenvalue weighted by Crippen LogP contribution is 2.21. The van der Waals surface area contributed by atoms with Crippen molar-refractivity contribution < 1.29 is 14.3 Å². The summed E-state index contributed by atoms with van der Waals surface area (Å²) in [7, 11) is 0. The number of ether oxygens (including phenoxy) is 1. The van der Waals surface area contributed by atoms with E-state index in [-0.39, 0.29) is 11.3 Å². The van der Waals surface area contributed by atoms with Gasteiger partial charge in [-0.1, -0.05) is 37.7 Å². The van der Waals surface area contributed by atoms with Crippen molar-refractivity contribution in [2.75, 3.05) is 17.7 Å². The largest absolute Gasteiger partial charge is 0.455 e. The third kappa shape index (κ3) is 6.50. The lowest BCUT2D eigenvalue weighted by Gasteiger charge is -2.11. The van der Waals surface area contributed by atoms with Crippen LogP contribution >= 0.6 is 11.8 Å². The first-order chi connectivity index (χ1) is 13.8. The molecular formula is C21H23N3O4S. The maximum atomic E-state index is 12.0. The molecule has 0 fully saturated rings. The number of aromatic nitrogens is 1. The fourth-order valence-corrected chi connectivity index (χ4v) is 3.42. The van der Waals surface area contributed by atoms with Gasteiger partial charge in [-0.3, -0.25) is 14.4 Å². The summed E-state index contributed by atoms with van der Waals surface area (Å²) < 4.78 is 4.96. The summed E-state index contributed by atoms with van der Waals surface area (Å²) >= 11 is 0.986. The molecule has 1 amide bonds. The molecule has 0 bridgehead atoms. The first-order valence-electron chi connectivity index (χ1n) is 9.16. The van der Waals surface area contributed by atoms with E-state index in [1.165, 1.54) is 11.6 Å². The number of aromatic amines is 1. The first kappa shape index (κ1) is 22.2.